The maximum atomic E-state index is 13.5. The van der Waals surface area contributed by atoms with E-state index in [0.717, 1.165) is 25.8 Å². The molecule has 1 amide bonds. The average Bonchev–Trinajstić information content (AvgIpc) is 2.86. The summed E-state index contributed by atoms with van der Waals surface area (Å²) in [6.07, 6.45) is 3.32. The molecule has 1 aliphatic carbocycles. The van der Waals surface area contributed by atoms with Gasteiger partial charge in [-0.2, -0.15) is 0 Å². The Morgan fingerprint density at radius 1 is 1.00 bits per heavy atom. The fourth-order valence-electron chi connectivity index (χ4n) is 5.38. The largest absolute Gasteiger partial charge is 0.490 e. The van der Waals surface area contributed by atoms with Crippen LogP contribution in [0, 0.1) is 10.8 Å². The van der Waals surface area contributed by atoms with Crippen molar-refractivity contribution in [1.82, 2.24) is 4.90 Å². The molecule has 5 nitrogen and oxygen atoms in total. The molecule has 1 aromatic carbocycles. The molecular formula is C23H35NO4. The Hall–Kier alpha value is -1.91. The summed E-state index contributed by atoms with van der Waals surface area (Å²) in [6, 6.07) is 3.93. The lowest BCUT2D eigenvalue weighted by molar-refractivity contribution is 0.0707. The molecule has 0 spiro atoms. The Labute approximate surface area is 169 Å². The number of carbonyl (C=O) groups excluding carboxylic acids is 1. The first kappa shape index (κ1) is 20.8. The van der Waals surface area contributed by atoms with E-state index >= 15 is 0 Å². The molecule has 5 heteroatoms. The number of rotatable bonds is 7. The highest BCUT2D eigenvalue weighted by Gasteiger charge is 2.51. The Morgan fingerprint density at radius 2 is 1.57 bits per heavy atom. The molecule has 2 fully saturated rings. The van der Waals surface area contributed by atoms with E-state index < -0.39 is 0 Å². The third kappa shape index (κ3) is 4.08. The van der Waals surface area contributed by atoms with E-state index in [9.17, 15) is 4.79 Å². The van der Waals surface area contributed by atoms with Crippen LogP contribution < -0.4 is 14.2 Å². The Kier molecular flexibility index (Phi) is 5.83. The molecule has 0 N–H and O–H groups in total. The molecule has 0 unspecified atom stereocenters. The van der Waals surface area contributed by atoms with E-state index in [1.54, 1.807) is 0 Å². The number of benzene rings is 1. The van der Waals surface area contributed by atoms with Crippen LogP contribution in [0.1, 0.15) is 71.2 Å². The van der Waals surface area contributed by atoms with Gasteiger partial charge in [-0.3, -0.25) is 4.79 Å². The van der Waals surface area contributed by atoms with E-state index in [1.165, 1.54) is 0 Å². The highest BCUT2D eigenvalue weighted by atomic mass is 16.5. The summed E-state index contributed by atoms with van der Waals surface area (Å²) in [4.78, 5) is 15.6. The van der Waals surface area contributed by atoms with E-state index in [0.29, 0.717) is 48.7 Å². The minimum Gasteiger partial charge on any atom is -0.490 e. The summed E-state index contributed by atoms with van der Waals surface area (Å²) in [5, 5.41) is 0. The van der Waals surface area contributed by atoms with Crippen LogP contribution in [0.4, 0.5) is 0 Å². The van der Waals surface area contributed by atoms with Crippen molar-refractivity contribution in [1.29, 1.82) is 0 Å². The molecule has 28 heavy (non-hydrogen) atoms. The lowest BCUT2D eigenvalue weighted by Gasteiger charge is -2.39. The van der Waals surface area contributed by atoms with Crippen LogP contribution in [0.2, 0.25) is 0 Å². The summed E-state index contributed by atoms with van der Waals surface area (Å²) in [6.45, 7) is 15.1. The SMILES string of the molecule is CCOc1cc(C(=O)N2C[C@@]3(C)C[C@H]2CC(C)(C)C3)cc(OCC)c1OCC. The van der Waals surface area contributed by atoms with E-state index in [-0.39, 0.29) is 16.7 Å². The van der Waals surface area contributed by atoms with Gasteiger partial charge in [-0.1, -0.05) is 20.8 Å². The molecule has 2 bridgehead atoms. The first-order chi connectivity index (χ1) is 13.2. The molecule has 1 aliphatic heterocycles. The standard InChI is InChI=1S/C23H35NO4/c1-7-26-18-10-16(11-19(27-8-2)20(18)28-9-3)21(25)24-15-23(6)13-17(24)12-22(4,5)14-23/h10-11,17H,7-9,12-15H2,1-6H3/t17-,23+/m1/s1. The normalized spacial score (nSPS) is 25.5. The minimum atomic E-state index is 0.0661. The van der Waals surface area contributed by atoms with Gasteiger partial charge in [0, 0.05) is 18.2 Å². The van der Waals surface area contributed by atoms with Gasteiger partial charge < -0.3 is 19.1 Å². The minimum absolute atomic E-state index is 0.0661. The van der Waals surface area contributed by atoms with Crippen LogP contribution >= 0.6 is 0 Å². The summed E-state index contributed by atoms with van der Waals surface area (Å²) >= 11 is 0. The molecule has 156 valence electrons. The molecule has 2 atom stereocenters. The van der Waals surface area contributed by atoms with Gasteiger partial charge in [0.2, 0.25) is 5.75 Å². The summed E-state index contributed by atoms with van der Waals surface area (Å²) < 4.78 is 17.4. The second kappa shape index (κ2) is 7.84. The van der Waals surface area contributed by atoms with Crippen molar-refractivity contribution < 1.29 is 19.0 Å². The van der Waals surface area contributed by atoms with E-state index in [1.807, 2.05) is 32.9 Å². The van der Waals surface area contributed by atoms with Gasteiger partial charge in [-0.15, -0.1) is 0 Å². The molecule has 3 rings (SSSR count). The Balaban J connectivity index is 1.95. The topological polar surface area (TPSA) is 48.0 Å². The van der Waals surface area contributed by atoms with Gasteiger partial charge in [0.25, 0.3) is 5.91 Å². The van der Waals surface area contributed by atoms with Crippen LogP contribution in [0.25, 0.3) is 0 Å². The van der Waals surface area contributed by atoms with Crippen molar-refractivity contribution in [3.05, 3.63) is 17.7 Å². The molecular weight excluding hydrogens is 354 g/mol. The summed E-state index contributed by atoms with van der Waals surface area (Å²) in [5.41, 5.74) is 1.10. The third-order valence-corrected chi connectivity index (χ3v) is 5.83. The van der Waals surface area contributed by atoms with Crippen molar-refractivity contribution in [3.63, 3.8) is 0 Å². The van der Waals surface area contributed by atoms with Gasteiger partial charge in [0.1, 0.15) is 0 Å². The van der Waals surface area contributed by atoms with Crippen LogP contribution in [0.3, 0.4) is 0 Å². The fraction of sp³-hybridized carbons (Fsp3) is 0.696. The number of hydrogen-bond acceptors (Lipinski definition) is 4. The van der Waals surface area contributed by atoms with Crippen molar-refractivity contribution in [2.75, 3.05) is 26.4 Å². The maximum Gasteiger partial charge on any atom is 0.254 e. The molecule has 1 saturated carbocycles. The molecule has 0 radical (unpaired) electrons. The second-order valence-corrected chi connectivity index (χ2v) is 9.25. The molecule has 2 aliphatic rings. The van der Waals surface area contributed by atoms with Gasteiger partial charge >= 0.3 is 0 Å². The summed E-state index contributed by atoms with van der Waals surface area (Å²) in [5.74, 6) is 1.80. The number of nitrogens with zero attached hydrogens (tertiary/aromatic N) is 1. The number of ether oxygens (including phenoxy) is 3. The van der Waals surface area contributed by atoms with Crippen LogP contribution in [0.15, 0.2) is 12.1 Å². The highest BCUT2D eigenvalue weighted by molar-refractivity contribution is 5.96. The summed E-state index contributed by atoms with van der Waals surface area (Å²) in [7, 11) is 0. The third-order valence-electron chi connectivity index (χ3n) is 5.83. The Bertz CT molecular complexity index is 702. The van der Waals surface area contributed by atoms with Crippen LogP contribution in [-0.4, -0.2) is 43.2 Å². The zero-order valence-electron chi connectivity index (χ0n) is 18.3. The van der Waals surface area contributed by atoms with Gasteiger partial charge in [0.15, 0.2) is 11.5 Å². The smallest absolute Gasteiger partial charge is 0.254 e. The van der Waals surface area contributed by atoms with Gasteiger partial charge in [-0.05, 0) is 63.0 Å². The van der Waals surface area contributed by atoms with Gasteiger partial charge in [0.05, 0.1) is 19.8 Å². The van der Waals surface area contributed by atoms with Crippen molar-refractivity contribution in [3.8, 4) is 17.2 Å². The van der Waals surface area contributed by atoms with Crippen molar-refractivity contribution >= 4 is 5.91 Å². The second-order valence-electron chi connectivity index (χ2n) is 9.25. The monoisotopic (exact) mass is 389 g/mol. The van der Waals surface area contributed by atoms with E-state index in [4.69, 9.17) is 14.2 Å². The zero-order valence-corrected chi connectivity index (χ0v) is 18.3. The molecule has 1 aromatic rings. The molecule has 0 aromatic heterocycles. The molecule has 1 heterocycles. The predicted molar refractivity (Wildman–Crippen MR) is 111 cm³/mol. The zero-order chi connectivity index (χ0) is 20.5. The number of hydrogen-bond donors (Lipinski definition) is 0. The lowest BCUT2D eigenvalue weighted by atomic mass is 9.65. The quantitative estimate of drug-likeness (QED) is 0.664. The van der Waals surface area contributed by atoms with Crippen LogP contribution in [-0.2, 0) is 0 Å². The highest BCUT2D eigenvalue weighted by Crippen LogP contribution is 2.53. The fourth-order valence-corrected chi connectivity index (χ4v) is 5.38. The first-order valence-electron chi connectivity index (χ1n) is 10.6. The van der Waals surface area contributed by atoms with Crippen molar-refractivity contribution in [2.24, 2.45) is 10.8 Å². The predicted octanol–water partition coefficient (Wildman–Crippen LogP) is 4.92. The maximum absolute atomic E-state index is 13.5. The number of carbonyl (C=O) groups is 1. The van der Waals surface area contributed by atoms with Crippen LogP contribution in [0.5, 0.6) is 17.2 Å². The first-order valence-corrected chi connectivity index (χ1v) is 10.6. The van der Waals surface area contributed by atoms with Crippen molar-refractivity contribution in [2.45, 2.75) is 66.8 Å². The van der Waals surface area contributed by atoms with Gasteiger partial charge in [-0.25, -0.2) is 0 Å². The van der Waals surface area contributed by atoms with E-state index in [2.05, 4.69) is 25.7 Å². The number of amides is 1. The lowest BCUT2D eigenvalue weighted by Crippen LogP contribution is -2.37. The molecule has 1 saturated heterocycles. The number of likely N-dealkylation sites (tertiary alicyclic amines) is 1. The average molecular weight is 390 g/mol. The Morgan fingerprint density at radius 3 is 2.11 bits per heavy atom. The number of fused-ring (bicyclic) bond motifs is 2.